The number of carbonyl (C=O) groups is 1. The van der Waals surface area contributed by atoms with Crippen molar-refractivity contribution in [1.29, 1.82) is 0 Å². The fourth-order valence-corrected chi connectivity index (χ4v) is 1.95. The van der Waals surface area contributed by atoms with Crippen LogP contribution >= 0.6 is 11.6 Å². The monoisotopic (exact) mass is 319 g/mol. The third kappa shape index (κ3) is 4.93. The third-order valence-corrected chi connectivity index (χ3v) is 3.44. The quantitative estimate of drug-likeness (QED) is 0.800. The highest BCUT2D eigenvalue weighted by Crippen LogP contribution is 2.21. The molecule has 0 unspecified atom stereocenters. The average Bonchev–Trinajstić information content (AvgIpc) is 2.49. The third-order valence-electron chi connectivity index (χ3n) is 3.02. The minimum Gasteiger partial charge on any atom is -0.494 e. The summed E-state index contributed by atoms with van der Waals surface area (Å²) in [7, 11) is 0. The molecule has 6 heteroatoms. The smallest absolute Gasteiger partial charge is 0.224 e. The lowest BCUT2D eigenvalue weighted by molar-refractivity contribution is -0.116. The molecule has 0 saturated carbocycles. The molecule has 0 atom stereocenters. The van der Waals surface area contributed by atoms with Gasteiger partial charge in [0.05, 0.1) is 18.5 Å². The summed E-state index contributed by atoms with van der Waals surface area (Å²) >= 11 is 5.95. The number of nitrogen functional groups attached to an aromatic ring is 1. The molecule has 5 nitrogen and oxygen atoms in total. The van der Waals surface area contributed by atoms with Crippen LogP contribution in [0.15, 0.2) is 36.5 Å². The summed E-state index contributed by atoms with van der Waals surface area (Å²) in [6.45, 7) is 2.39. The molecular weight excluding hydrogens is 302 g/mol. The number of rotatable bonds is 6. The molecule has 0 bridgehead atoms. The van der Waals surface area contributed by atoms with Gasteiger partial charge in [-0.3, -0.25) is 4.79 Å². The van der Waals surface area contributed by atoms with E-state index in [0.29, 0.717) is 36.0 Å². The zero-order valence-corrected chi connectivity index (χ0v) is 13.1. The Morgan fingerprint density at radius 1 is 1.36 bits per heavy atom. The van der Waals surface area contributed by atoms with Gasteiger partial charge in [0.2, 0.25) is 5.91 Å². The number of nitrogens with one attached hydrogen (secondary N) is 1. The van der Waals surface area contributed by atoms with Crippen LogP contribution in [-0.4, -0.2) is 17.5 Å². The number of pyridine rings is 1. The van der Waals surface area contributed by atoms with Crippen LogP contribution in [0.1, 0.15) is 18.4 Å². The molecule has 2 rings (SSSR count). The topological polar surface area (TPSA) is 77.2 Å². The van der Waals surface area contributed by atoms with Crippen molar-refractivity contribution in [1.82, 2.24) is 4.98 Å². The van der Waals surface area contributed by atoms with Crippen molar-refractivity contribution in [3.8, 4) is 5.75 Å². The van der Waals surface area contributed by atoms with Gasteiger partial charge in [0.25, 0.3) is 0 Å². The van der Waals surface area contributed by atoms with E-state index in [4.69, 9.17) is 22.1 Å². The first kappa shape index (κ1) is 16.1. The summed E-state index contributed by atoms with van der Waals surface area (Å²) in [5.41, 5.74) is 7.08. The van der Waals surface area contributed by atoms with Crippen molar-refractivity contribution >= 4 is 29.0 Å². The first-order chi connectivity index (χ1) is 10.5. The van der Waals surface area contributed by atoms with Gasteiger partial charge in [0.15, 0.2) is 0 Å². The van der Waals surface area contributed by atoms with E-state index in [1.54, 1.807) is 18.2 Å². The maximum absolute atomic E-state index is 11.8. The molecule has 0 aliphatic carbocycles. The summed E-state index contributed by atoms with van der Waals surface area (Å²) in [4.78, 5) is 15.7. The Labute approximate surface area is 134 Å². The molecule has 0 saturated heterocycles. The molecule has 3 N–H and O–H groups in total. The van der Waals surface area contributed by atoms with Crippen molar-refractivity contribution < 1.29 is 9.53 Å². The number of halogens is 1. The molecular formula is C16H18ClN3O2. The van der Waals surface area contributed by atoms with E-state index in [9.17, 15) is 4.79 Å². The van der Waals surface area contributed by atoms with E-state index >= 15 is 0 Å². The number of hydrogen-bond acceptors (Lipinski definition) is 4. The minimum atomic E-state index is -0.0811. The highest BCUT2D eigenvalue weighted by Gasteiger charge is 2.04. The van der Waals surface area contributed by atoms with Gasteiger partial charge in [0, 0.05) is 11.4 Å². The molecule has 0 radical (unpaired) electrons. The molecule has 22 heavy (non-hydrogen) atoms. The highest BCUT2D eigenvalue weighted by molar-refractivity contribution is 6.31. The SMILES string of the molecule is Cc1cc(OCCCC(=O)Nc2ccc(N)nc2)ccc1Cl. The van der Waals surface area contributed by atoms with Crippen molar-refractivity contribution in [2.75, 3.05) is 17.7 Å². The Morgan fingerprint density at radius 2 is 2.18 bits per heavy atom. The predicted molar refractivity (Wildman–Crippen MR) is 88.2 cm³/mol. The largest absolute Gasteiger partial charge is 0.494 e. The number of ether oxygens (including phenoxy) is 1. The maximum atomic E-state index is 11.8. The van der Waals surface area contributed by atoms with Crippen LogP contribution in [0.25, 0.3) is 0 Å². The Bertz CT molecular complexity index is 644. The second-order valence-electron chi connectivity index (χ2n) is 4.88. The number of aryl methyl sites for hydroxylation is 1. The lowest BCUT2D eigenvalue weighted by Crippen LogP contribution is -2.13. The van der Waals surface area contributed by atoms with Crippen LogP contribution in [-0.2, 0) is 4.79 Å². The maximum Gasteiger partial charge on any atom is 0.224 e. The molecule has 0 aliphatic heterocycles. The van der Waals surface area contributed by atoms with Crippen molar-refractivity contribution in [3.05, 3.63) is 47.1 Å². The second kappa shape index (κ2) is 7.66. The first-order valence-corrected chi connectivity index (χ1v) is 7.33. The number of aromatic nitrogens is 1. The highest BCUT2D eigenvalue weighted by atomic mass is 35.5. The van der Waals surface area contributed by atoms with Gasteiger partial charge in [-0.05, 0) is 49.2 Å². The molecule has 116 valence electrons. The Kier molecular flexibility index (Phi) is 5.61. The molecule has 1 amide bonds. The number of hydrogen-bond donors (Lipinski definition) is 2. The first-order valence-electron chi connectivity index (χ1n) is 6.95. The molecule has 0 fully saturated rings. The van der Waals surface area contributed by atoms with Gasteiger partial charge in [-0.25, -0.2) is 4.98 Å². The van der Waals surface area contributed by atoms with E-state index in [2.05, 4.69) is 10.3 Å². The summed E-state index contributed by atoms with van der Waals surface area (Å²) in [6, 6.07) is 8.85. The standard InChI is InChI=1S/C16H18ClN3O2/c1-11-9-13(5-6-14(11)17)22-8-2-3-16(21)20-12-4-7-15(18)19-10-12/h4-7,9-10H,2-3,8H2,1H3,(H2,18,19)(H,20,21). The zero-order valence-electron chi connectivity index (χ0n) is 12.3. The van der Waals surface area contributed by atoms with E-state index in [1.807, 2.05) is 19.1 Å². The lowest BCUT2D eigenvalue weighted by Gasteiger charge is -2.08. The normalized spacial score (nSPS) is 10.3. The number of amides is 1. The molecule has 2 aromatic rings. The minimum absolute atomic E-state index is 0.0811. The number of nitrogens with two attached hydrogens (primary N) is 1. The Hall–Kier alpha value is -2.27. The fraction of sp³-hybridized carbons (Fsp3) is 0.250. The summed E-state index contributed by atoms with van der Waals surface area (Å²) in [5, 5.41) is 3.47. The van der Waals surface area contributed by atoms with E-state index < -0.39 is 0 Å². The Balaban J connectivity index is 1.70. The number of benzene rings is 1. The van der Waals surface area contributed by atoms with Gasteiger partial charge in [-0.2, -0.15) is 0 Å². The van der Waals surface area contributed by atoms with Crippen LogP contribution in [0.3, 0.4) is 0 Å². The summed E-state index contributed by atoms with van der Waals surface area (Å²) < 4.78 is 5.59. The second-order valence-corrected chi connectivity index (χ2v) is 5.29. The number of anilines is 2. The van der Waals surface area contributed by atoms with Crippen molar-refractivity contribution in [2.45, 2.75) is 19.8 Å². The summed E-state index contributed by atoms with van der Waals surface area (Å²) in [6.07, 6.45) is 2.52. The fourth-order valence-electron chi connectivity index (χ4n) is 1.83. The van der Waals surface area contributed by atoms with Gasteiger partial charge in [-0.1, -0.05) is 11.6 Å². The number of carbonyl (C=O) groups excluding carboxylic acids is 1. The van der Waals surface area contributed by atoms with Crippen molar-refractivity contribution in [2.24, 2.45) is 0 Å². The lowest BCUT2D eigenvalue weighted by atomic mass is 10.2. The molecule has 1 aromatic carbocycles. The van der Waals surface area contributed by atoms with E-state index in [0.717, 1.165) is 11.3 Å². The van der Waals surface area contributed by atoms with Crippen LogP contribution in [0.2, 0.25) is 5.02 Å². The molecule has 1 aromatic heterocycles. The van der Waals surface area contributed by atoms with Crippen LogP contribution in [0, 0.1) is 6.92 Å². The van der Waals surface area contributed by atoms with Crippen LogP contribution in [0.5, 0.6) is 5.75 Å². The van der Waals surface area contributed by atoms with Gasteiger partial charge in [0.1, 0.15) is 11.6 Å². The average molecular weight is 320 g/mol. The molecule has 0 spiro atoms. The van der Waals surface area contributed by atoms with E-state index in [-0.39, 0.29) is 5.91 Å². The van der Waals surface area contributed by atoms with Crippen molar-refractivity contribution in [3.63, 3.8) is 0 Å². The van der Waals surface area contributed by atoms with Crippen LogP contribution < -0.4 is 15.8 Å². The van der Waals surface area contributed by atoms with Crippen LogP contribution in [0.4, 0.5) is 11.5 Å². The molecule has 1 heterocycles. The molecule has 0 aliphatic rings. The zero-order chi connectivity index (χ0) is 15.9. The van der Waals surface area contributed by atoms with Gasteiger partial charge < -0.3 is 15.8 Å². The Morgan fingerprint density at radius 3 is 2.86 bits per heavy atom. The number of nitrogens with zero attached hydrogens (tertiary/aromatic N) is 1. The van der Waals surface area contributed by atoms with E-state index in [1.165, 1.54) is 6.20 Å². The van der Waals surface area contributed by atoms with Gasteiger partial charge >= 0.3 is 0 Å². The predicted octanol–water partition coefficient (Wildman–Crippen LogP) is 3.42. The summed E-state index contributed by atoms with van der Waals surface area (Å²) in [5.74, 6) is 1.09. The van der Waals surface area contributed by atoms with Gasteiger partial charge in [-0.15, -0.1) is 0 Å².